The summed E-state index contributed by atoms with van der Waals surface area (Å²) in [5, 5.41) is 2.81. The van der Waals surface area contributed by atoms with E-state index >= 15 is 0 Å². The maximum absolute atomic E-state index is 13.7. The maximum Gasteiger partial charge on any atom is 0.410 e. The van der Waals surface area contributed by atoms with E-state index in [1.54, 1.807) is 32.9 Å². The van der Waals surface area contributed by atoms with Crippen LogP contribution in [0.4, 0.5) is 14.9 Å². The van der Waals surface area contributed by atoms with Crippen LogP contribution >= 0.6 is 0 Å². The zero-order chi connectivity index (χ0) is 16.5. The molecule has 1 fully saturated rings. The van der Waals surface area contributed by atoms with Gasteiger partial charge < -0.3 is 20.7 Å². The minimum atomic E-state index is -1.18. The number of carbonyl (C=O) groups excluding carboxylic acids is 2. The van der Waals surface area contributed by atoms with Crippen LogP contribution in [0.25, 0.3) is 0 Å². The Labute approximate surface area is 128 Å². The van der Waals surface area contributed by atoms with Gasteiger partial charge in [-0.3, -0.25) is 4.79 Å². The van der Waals surface area contributed by atoms with Crippen molar-refractivity contribution >= 4 is 17.7 Å². The second-order valence-electron chi connectivity index (χ2n) is 6.39. The number of rotatable bonds is 3. The number of benzene rings is 1. The predicted octanol–water partition coefficient (Wildman–Crippen LogP) is 1.71. The van der Waals surface area contributed by atoms with E-state index in [9.17, 15) is 14.0 Å². The molecule has 0 saturated carbocycles. The number of anilines is 1. The number of halogens is 1. The van der Waals surface area contributed by atoms with Crippen LogP contribution in [-0.4, -0.2) is 41.1 Å². The zero-order valence-corrected chi connectivity index (χ0v) is 12.9. The number of hydrogen-bond donors (Lipinski definition) is 2. The van der Waals surface area contributed by atoms with Crippen molar-refractivity contribution in [3.63, 3.8) is 0 Å². The van der Waals surface area contributed by atoms with Crippen LogP contribution in [0.2, 0.25) is 0 Å². The highest BCUT2D eigenvalue weighted by molar-refractivity contribution is 5.92. The van der Waals surface area contributed by atoms with Crippen LogP contribution in [0.1, 0.15) is 20.8 Å². The number of primary amides is 1. The summed E-state index contributed by atoms with van der Waals surface area (Å²) in [6.45, 7) is 5.33. The summed E-state index contributed by atoms with van der Waals surface area (Å²) in [6.07, 6.45) is -0.528. The van der Waals surface area contributed by atoms with E-state index in [0.29, 0.717) is 0 Å². The molecule has 0 bridgehead atoms. The van der Waals surface area contributed by atoms with Gasteiger partial charge in [0.25, 0.3) is 0 Å². The number of carbonyl (C=O) groups is 2. The molecule has 0 spiro atoms. The third-order valence-electron chi connectivity index (χ3n) is 3.29. The molecule has 1 aliphatic rings. The van der Waals surface area contributed by atoms with Crippen molar-refractivity contribution < 1.29 is 18.7 Å². The van der Waals surface area contributed by atoms with Gasteiger partial charge in [0.05, 0.1) is 18.8 Å². The van der Waals surface area contributed by atoms with Gasteiger partial charge in [0, 0.05) is 0 Å². The normalized spacial score (nSPS) is 16.6. The fraction of sp³-hybridized carbons (Fsp3) is 0.467. The number of nitrogens with zero attached hydrogens (tertiary/aromatic N) is 1. The predicted molar refractivity (Wildman–Crippen MR) is 79.8 cm³/mol. The summed E-state index contributed by atoms with van der Waals surface area (Å²) >= 11 is 0. The third kappa shape index (κ3) is 3.29. The molecule has 1 saturated heterocycles. The van der Waals surface area contributed by atoms with Crippen molar-refractivity contribution in [1.29, 1.82) is 0 Å². The molecular weight excluding hydrogens is 289 g/mol. The Hall–Kier alpha value is -2.31. The van der Waals surface area contributed by atoms with Crippen LogP contribution < -0.4 is 11.1 Å². The van der Waals surface area contributed by atoms with Gasteiger partial charge in [-0.2, -0.15) is 0 Å². The van der Waals surface area contributed by atoms with Crippen molar-refractivity contribution in [3.8, 4) is 0 Å². The lowest BCUT2D eigenvalue weighted by molar-refractivity contribution is -0.127. The van der Waals surface area contributed by atoms with Crippen molar-refractivity contribution in [2.45, 2.75) is 31.9 Å². The lowest BCUT2D eigenvalue weighted by Crippen LogP contribution is -2.73. The van der Waals surface area contributed by atoms with Crippen LogP contribution in [0.5, 0.6) is 0 Å². The molecule has 0 atom stereocenters. The monoisotopic (exact) mass is 309 g/mol. The fourth-order valence-electron chi connectivity index (χ4n) is 2.18. The van der Waals surface area contributed by atoms with Gasteiger partial charge in [0.1, 0.15) is 11.4 Å². The molecule has 0 radical (unpaired) electrons. The minimum absolute atomic E-state index is 0.0333. The summed E-state index contributed by atoms with van der Waals surface area (Å²) in [5.41, 5.74) is 3.78. The molecule has 1 aliphatic heterocycles. The molecule has 0 aliphatic carbocycles. The summed E-state index contributed by atoms with van der Waals surface area (Å²) in [5.74, 6) is -1.13. The smallest absolute Gasteiger partial charge is 0.410 e. The third-order valence-corrected chi connectivity index (χ3v) is 3.29. The minimum Gasteiger partial charge on any atom is -0.444 e. The Morgan fingerprint density at radius 1 is 1.32 bits per heavy atom. The molecule has 0 aromatic heterocycles. The van der Waals surface area contributed by atoms with Crippen LogP contribution in [0.15, 0.2) is 24.3 Å². The van der Waals surface area contributed by atoms with Gasteiger partial charge in [-0.1, -0.05) is 12.1 Å². The molecule has 3 N–H and O–H groups in total. The lowest BCUT2D eigenvalue weighted by atomic mass is 9.89. The summed E-state index contributed by atoms with van der Waals surface area (Å²) in [7, 11) is 0. The first-order valence-corrected chi connectivity index (χ1v) is 6.93. The Balaban J connectivity index is 2.07. The summed E-state index contributed by atoms with van der Waals surface area (Å²) < 4.78 is 18.9. The molecular formula is C15H20FN3O3. The van der Waals surface area contributed by atoms with Crippen molar-refractivity contribution in [2.75, 3.05) is 18.4 Å². The highest BCUT2D eigenvalue weighted by atomic mass is 19.1. The largest absolute Gasteiger partial charge is 0.444 e. The number of likely N-dealkylation sites (tertiary alicyclic amines) is 1. The standard InChI is InChI=1S/C15H20FN3O3/c1-14(2,3)22-13(21)19-8-15(9-19,12(17)20)18-11-7-5-4-6-10(11)16/h4-7,18H,8-9H2,1-3H3,(H2,17,20). The Morgan fingerprint density at radius 2 is 1.91 bits per heavy atom. The maximum atomic E-state index is 13.7. The molecule has 2 rings (SSSR count). The molecule has 0 unspecified atom stereocenters. The first-order chi connectivity index (χ1) is 10.1. The number of nitrogens with two attached hydrogens (primary N) is 1. The zero-order valence-electron chi connectivity index (χ0n) is 12.9. The summed E-state index contributed by atoms with van der Waals surface area (Å²) in [6, 6.07) is 5.98. The van der Waals surface area contributed by atoms with E-state index in [1.807, 2.05) is 0 Å². The Morgan fingerprint density at radius 3 is 2.41 bits per heavy atom. The van der Waals surface area contributed by atoms with Gasteiger partial charge >= 0.3 is 6.09 Å². The number of amides is 2. The van der Waals surface area contributed by atoms with E-state index in [4.69, 9.17) is 10.5 Å². The van der Waals surface area contributed by atoms with E-state index in [1.165, 1.54) is 17.0 Å². The van der Waals surface area contributed by atoms with Gasteiger partial charge in [-0.25, -0.2) is 9.18 Å². The number of nitrogens with one attached hydrogen (secondary N) is 1. The lowest BCUT2D eigenvalue weighted by Gasteiger charge is -2.48. The van der Waals surface area contributed by atoms with Crippen molar-refractivity contribution in [1.82, 2.24) is 4.90 Å². The van der Waals surface area contributed by atoms with Crippen LogP contribution in [0, 0.1) is 5.82 Å². The Kier molecular flexibility index (Phi) is 4.00. The quantitative estimate of drug-likeness (QED) is 0.890. The van der Waals surface area contributed by atoms with E-state index in [0.717, 1.165) is 0 Å². The molecule has 120 valence electrons. The average Bonchev–Trinajstić information content (AvgIpc) is 2.32. The molecule has 6 nitrogen and oxygen atoms in total. The van der Waals surface area contributed by atoms with Gasteiger partial charge in [0.2, 0.25) is 5.91 Å². The van der Waals surface area contributed by atoms with Crippen molar-refractivity contribution in [3.05, 3.63) is 30.1 Å². The van der Waals surface area contributed by atoms with E-state index < -0.39 is 29.0 Å². The van der Waals surface area contributed by atoms with E-state index in [2.05, 4.69) is 5.32 Å². The van der Waals surface area contributed by atoms with Crippen molar-refractivity contribution in [2.24, 2.45) is 5.73 Å². The average molecular weight is 309 g/mol. The van der Waals surface area contributed by atoms with Gasteiger partial charge in [-0.05, 0) is 32.9 Å². The highest BCUT2D eigenvalue weighted by Crippen LogP contribution is 2.28. The molecule has 1 heterocycles. The van der Waals surface area contributed by atoms with Crippen LogP contribution in [0.3, 0.4) is 0 Å². The SMILES string of the molecule is CC(C)(C)OC(=O)N1CC(Nc2ccccc2F)(C(N)=O)C1. The molecule has 22 heavy (non-hydrogen) atoms. The highest BCUT2D eigenvalue weighted by Gasteiger charge is 2.51. The fourth-order valence-corrected chi connectivity index (χ4v) is 2.18. The number of ether oxygens (including phenoxy) is 1. The molecule has 1 aromatic carbocycles. The summed E-state index contributed by atoms with van der Waals surface area (Å²) in [4.78, 5) is 25.0. The van der Waals surface area contributed by atoms with Gasteiger partial charge in [-0.15, -0.1) is 0 Å². The van der Waals surface area contributed by atoms with E-state index in [-0.39, 0.29) is 18.8 Å². The van der Waals surface area contributed by atoms with Crippen LogP contribution in [-0.2, 0) is 9.53 Å². The Bertz CT molecular complexity index is 592. The molecule has 7 heteroatoms. The number of para-hydroxylation sites is 1. The molecule has 1 aromatic rings. The number of hydrogen-bond acceptors (Lipinski definition) is 4. The molecule has 2 amide bonds. The second kappa shape index (κ2) is 5.47. The first kappa shape index (κ1) is 16.1. The van der Waals surface area contributed by atoms with Gasteiger partial charge in [0.15, 0.2) is 5.54 Å². The first-order valence-electron chi connectivity index (χ1n) is 6.93. The second-order valence-corrected chi connectivity index (χ2v) is 6.39. The topological polar surface area (TPSA) is 84.7 Å².